The van der Waals surface area contributed by atoms with Crippen LogP contribution in [0.1, 0.15) is 0 Å². The summed E-state index contributed by atoms with van der Waals surface area (Å²) in [5.41, 5.74) is 2.46. The number of halogens is 2. The van der Waals surface area contributed by atoms with Crippen molar-refractivity contribution in [1.29, 1.82) is 0 Å². The molecule has 2 heteroatoms. The van der Waals surface area contributed by atoms with Crippen molar-refractivity contribution < 1.29 is 0 Å². The van der Waals surface area contributed by atoms with Crippen molar-refractivity contribution in [2.75, 3.05) is 0 Å². The van der Waals surface area contributed by atoms with Crippen molar-refractivity contribution in [2.45, 2.75) is 0 Å². The van der Waals surface area contributed by atoms with Gasteiger partial charge >= 0.3 is 0 Å². The van der Waals surface area contributed by atoms with Gasteiger partial charge in [-0.2, -0.15) is 0 Å². The molecular formula is C12H8ClI. The third-order valence-electron chi connectivity index (χ3n) is 2.03. The van der Waals surface area contributed by atoms with E-state index in [2.05, 4.69) is 34.7 Å². The Bertz CT molecular complexity index is 434. The van der Waals surface area contributed by atoms with Crippen molar-refractivity contribution >= 4 is 34.2 Å². The molecule has 0 aromatic heterocycles. The van der Waals surface area contributed by atoms with E-state index in [4.69, 9.17) is 11.6 Å². The van der Waals surface area contributed by atoms with Gasteiger partial charge < -0.3 is 0 Å². The molecule has 0 saturated carbocycles. The molecule has 0 bridgehead atoms. The van der Waals surface area contributed by atoms with Gasteiger partial charge in [-0.3, -0.25) is 0 Å². The summed E-state index contributed by atoms with van der Waals surface area (Å²) in [7, 11) is 0. The van der Waals surface area contributed by atoms with Gasteiger partial charge in [0.2, 0.25) is 0 Å². The van der Waals surface area contributed by atoms with Crippen LogP contribution < -0.4 is 0 Å². The summed E-state index contributed by atoms with van der Waals surface area (Å²) < 4.78 is 1.26. The third kappa shape index (κ3) is 2.10. The number of hydrogen-bond acceptors (Lipinski definition) is 0. The van der Waals surface area contributed by atoms with Crippen LogP contribution in [0, 0.1) is 3.57 Å². The molecule has 0 amide bonds. The fourth-order valence-corrected chi connectivity index (χ4v) is 2.15. The molecule has 0 atom stereocenters. The molecule has 14 heavy (non-hydrogen) atoms. The zero-order valence-corrected chi connectivity index (χ0v) is 10.3. The molecule has 0 radical (unpaired) electrons. The molecule has 0 spiro atoms. The quantitative estimate of drug-likeness (QED) is 0.674. The molecule has 0 unspecified atom stereocenters. The highest BCUT2D eigenvalue weighted by atomic mass is 127. The average molecular weight is 315 g/mol. The minimum atomic E-state index is 0.777. The van der Waals surface area contributed by atoms with E-state index in [1.807, 2.05) is 36.4 Å². The van der Waals surface area contributed by atoms with E-state index >= 15 is 0 Å². The van der Waals surface area contributed by atoms with Gasteiger partial charge in [-0.25, -0.2) is 0 Å². The first-order chi connectivity index (χ1) is 6.77. The first kappa shape index (κ1) is 9.99. The lowest BCUT2D eigenvalue weighted by atomic mass is 10.1. The summed E-state index contributed by atoms with van der Waals surface area (Å²) in [6.07, 6.45) is 0. The molecule has 0 fully saturated rings. The van der Waals surface area contributed by atoms with Crippen LogP contribution >= 0.6 is 34.2 Å². The van der Waals surface area contributed by atoms with Gasteiger partial charge in [0.1, 0.15) is 0 Å². The van der Waals surface area contributed by atoms with Gasteiger partial charge in [-0.15, -0.1) is 0 Å². The smallest absolute Gasteiger partial charge is 0.0406 e. The molecule has 0 aliphatic heterocycles. The van der Waals surface area contributed by atoms with E-state index in [9.17, 15) is 0 Å². The molecule has 2 aromatic rings. The van der Waals surface area contributed by atoms with Gasteiger partial charge in [0, 0.05) is 8.59 Å². The summed E-state index contributed by atoms with van der Waals surface area (Å²) >= 11 is 8.18. The minimum Gasteiger partial charge on any atom is -0.0843 e. The zero-order valence-electron chi connectivity index (χ0n) is 7.37. The normalized spacial score (nSPS) is 10.1. The summed E-state index contributed by atoms with van der Waals surface area (Å²) in [5, 5.41) is 0.777. The molecule has 0 saturated heterocycles. The minimum absolute atomic E-state index is 0.777. The molecule has 0 N–H and O–H groups in total. The zero-order chi connectivity index (χ0) is 9.97. The molecule has 0 aliphatic carbocycles. The Morgan fingerprint density at radius 1 is 0.857 bits per heavy atom. The largest absolute Gasteiger partial charge is 0.0843 e. The van der Waals surface area contributed by atoms with Gasteiger partial charge in [0.15, 0.2) is 0 Å². The lowest BCUT2D eigenvalue weighted by Crippen LogP contribution is -1.80. The summed E-state index contributed by atoms with van der Waals surface area (Å²) in [4.78, 5) is 0. The van der Waals surface area contributed by atoms with Crippen LogP contribution in [0.15, 0.2) is 48.5 Å². The Morgan fingerprint density at radius 3 is 2.14 bits per heavy atom. The topological polar surface area (TPSA) is 0 Å². The van der Waals surface area contributed by atoms with Gasteiger partial charge in [0.05, 0.1) is 0 Å². The molecule has 2 aromatic carbocycles. The number of hydrogen-bond donors (Lipinski definition) is 0. The summed E-state index contributed by atoms with van der Waals surface area (Å²) in [6, 6.07) is 16.2. The summed E-state index contributed by atoms with van der Waals surface area (Å²) in [5.74, 6) is 0. The number of rotatable bonds is 1. The second kappa shape index (κ2) is 4.32. The second-order valence-electron chi connectivity index (χ2n) is 2.99. The molecular weight excluding hydrogens is 306 g/mol. The van der Waals surface area contributed by atoms with E-state index in [-0.39, 0.29) is 0 Å². The predicted octanol–water partition coefficient (Wildman–Crippen LogP) is 4.61. The standard InChI is InChI=1S/C12H8ClI/c13-10-7-5-9(6-8-10)11-3-1-2-4-12(11)14/h1-8H. The molecule has 0 heterocycles. The van der Waals surface area contributed by atoms with Crippen LogP contribution in [0.5, 0.6) is 0 Å². The monoisotopic (exact) mass is 314 g/mol. The van der Waals surface area contributed by atoms with Gasteiger partial charge in [-0.05, 0) is 51.9 Å². The van der Waals surface area contributed by atoms with Crippen LogP contribution in [-0.2, 0) is 0 Å². The molecule has 0 aliphatic rings. The highest BCUT2D eigenvalue weighted by molar-refractivity contribution is 14.1. The van der Waals surface area contributed by atoms with Crippen molar-refractivity contribution in [2.24, 2.45) is 0 Å². The predicted molar refractivity (Wildman–Crippen MR) is 69.6 cm³/mol. The molecule has 70 valence electrons. The van der Waals surface area contributed by atoms with E-state index in [0.717, 1.165) is 5.02 Å². The Morgan fingerprint density at radius 2 is 1.50 bits per heavy atom. The SMILES string of the molecule is Clc1ccc(-c2ccccc2I)cc1. The Hall–Kier alpha value is -0.540. The lowest BCUT2D eigenvalue weighted by molar-refractivity contribution is 1.58. The maximum absolute atomic E-state index is 5.84. The summed E-state index contributed by atoms with van der Waals surface area (Å²) in [6.45, 7) is 0. The van der Waals surface area contributed by atoms with Crippen molar-refractivity contribution in [3.63, 3.8) is 0 Å². The van der Waals surface area contributed by atoms with Crippen LogP contribution in [-0.4, -0.2) is 0 Å². The van der Waals surface area contributed by atoms with Crippen LogP contribution in [0.3, 0.4) is 0 Å². The highest BCUT2D eigenvalue weighted by Gasteiger charge is 2.00. The van der Waals surface area contributed by atoms with Crippen molar-refractivity contribution in [3.8, 4) is 11.1 Å². The Labute approximate surface area is 102 Å². The first-order valence-electron chi connectivity index (χ1n) is 4.28. The van der Waals surface area contributed by atoms with Gasteiger partial charge in [0.25, 0.3) is 0 Å². The van der Waals surface area contributed by atoms with Crippen LogP contribution in [0.4, 0.5) is 0 Å². The van der Waals surface area contributed by atoms with Crippen LogP contribution in [0.2, 0.25) is 5.02 Å². The Kier molecular flexibility index (Phi) is 3.08. The third-order valence-corrected chi connectivity index (χ3v) is 3.22. The average Bonchev–Trinajstić information content (AvgIpc) is 2.20. The van der Waals surface area contributed by atoms with Gasteiger partial charge in [-0.1, -0.05) is 41.9 Å². The first-order valence-corrected chi connectivity index (χ1v) is 5.73. The van der Waals surface area contributed by atoms with E-state index in [0.29, 0.717) is 0 Å². The molecule has 0 nitrogen and oxygen atoms in total. The highest BCUT2D eigenvalue weighted by Crippen LogP contribution is 2.25. The van der Waals surface area contributed by atoms with E-state index in [1.54, 1.807) is 0 Å². The van der Waals surface area contributed by atoms with Crippen LogP contribution in [0.25, 0.3) is 11.1 Å². The fourth-order valence-electron chi connectivity index (χ4n) is 1.32. The molecule has 2 rings (SSSR count). The fraction of sp³-hybridized carbons (Fsp3) is 0. The van der Waals surface area contributed by atoms with E-state index in [1.165, 1.54) is 14.7 Å². The number of benzene rings is 2. The second-order valence-corrected chi connectivity index (χ2v) is 4.59. The Balaban J connectivity index is 2.50. The maximum atomic E-state index is 5.84. The van der Waals surface area contributed by atoms with Crippen molar-refractivity contribution in [3.05, 3.63) is 57.1 Å². The maximum Gasteiger partial charge on any atom is 0.0406 e. The van der Waals surface area contributed by atoms with Crippen molar-refractivity contribution in [1.82, 2.24) is 0 Å². The lowest BCUT2D eigenvalue weighted by Gasteiger charge is -2.03. The van der Waals surface area contributed by atoms with E-state index < -0.39 is 0 Å².